The smallest absolute Gasteiger partial charge is 0.142 e. The van der Waals surface area contributed by atoms with Crippen molar-refractivity contribution >= 4 is 28.3 Å². The van der Waals surface area contributed by atoms with Gasteiger partial charge < -0.3 is 15.5 Å². The molecule has 1 heterocycles. The third-order valence-electron chi connectivity index (χ3n) is 3.24. The summed E-state index contributed by atoms with van der Waals surface area (Å²) in [5.74, 6) is 0.144. The van der Waals surface area contributed by atoms with Gasteiger partial charge in [-0.1, -0.05) is 6.07 Å². The number of nitrogens with zero attached hydrogens (tertiary/aromatic N) is 1. The van der Waals surface area contributed by atoms with Gasteiger partial charge in [0.2, 0.25) is 0 Å². The fourth-order valence-corrected chi connectivity index (χ4v) is 2.43. The van der Waals surface area contributed by atoms with Gasteiger partial charge in [-0.25, -0.2) is 0 Å². The van der Waals surface area contributed by atoms with Crippen LogP contribution in [0, 0.1) is 17.4 Å². The van der Waals surface area contributed by atoms with Gasteiger partial charge in [0.25, 0.3) is 0 Å². The molecule has 0 bridgehead atoms. The summed E-state index contributed by atoms with van der Waals surface area (Å²) in [7, 11) is 0. The molecule has 5 heteroatoms. The molecule has 106 valence electrons. The number of aryl methyl sites for hydroxylation is 2. The first-order chi connectivity index (χ1) is 9.52. The van der Waals surface area contributed by atoms with Gasteiger partial charge in [0.1, 0.15) is 5.75 Å². The number of halogens is 1. The largest absolute Gasteiger partial charge is 0.506 e. The average molecular weight is 384 g/mol. The maximum Gasteiger partial charge on any atom is 0.142 e. The fraction of sp³-hybridized carbons (Fsp3) is 0.267. The topological polar surface area (TPSA) is 65.4 Å². The van der Waals surface area contributed by atoms with Gasteiger partial charge in [-0.15, -0.1) is 0 Å². The summed E-state index contributed by atoms with van der Waals surface area (Å²) in [6.45, 7) is 4.12. The van der Waals surface area contributed by atoms with Crippen LogP contribution in [0.5, 0.6) is 5.75 Å². The van der Waals surface area contributed by atoms with Crippen LogP contribution in [0.15, 0.2) is 24.4 Å². The molecule has 0 saturated carbocycles. The Morgan fingerprint density at radius 1 is 1.30 bits per heavy atom. The molecule has 0 saturated heterocycles. The molecule has 0 aliphatic carbocycles. The molecule has 0 aliphatic rings. The van der Waals surface area contributed by atoms with Crippen molar-refractivity contribution in [1.29, 1.82) is 0 Å². The highest BCUT2D eigenvalue weighted by atomic mass is 127. The Bertz CT molecular complexity index is 630. The number of aromatic nitrogens is 1. The lowest BCUT2D eigenvalue weighted by atomic mass is 10.1. The first-order valence-electron chi connectivity index (χ1n) is 6.30. The summed E-state index contributed by atoms with van der Waals surface area (Å²) >= 11 is 2.29. The van der Waals surface area contributed by atoms with Crippen molar-refractivity contribution in [2.24, 2.45) is 0 Å². The molecule has 0 amide bonds. The second kappa shape index (κ2) is 6.41. The molecule has 0 atom stereocenters. The molecule has 1 aromatic carbocycles. The number of anilines is 1. The summed E-state index contributed by atoms with van der Waals surface area (Å²) in [4.78, 5) is 4.05. The van der Waals surface area contributed by atoms with Gasteiger partial charge >= 0.3 is 0 Å². The summed E-state index contributed by atoms with van der Waals surface area (Å²) in [5.41, 5.74) is 4.11. The van der Waals surface area contributed by atoms with E-state index in [1.54, 1.807) is 13.1 Å². The summed E-state index contributed by atoms with van der Waals surface area (Å²) in [5, 5.41) is 22.7. The Morgan fingerprint density at radius 3 is 2.70 bits per heavy atom. The molecule has 0 aliphatic heterocycles. The van der Waals surface area contributed by atoms with Crippen LogP contribution in [0.25, 0.3) is 0 Å². The molecule has 2 aromatic rings. The van der Waals surface area contributed by atoms with E-state index in [0.29, 0.717) is 23.4 Å². The number of hydrogen-bond donors (Lipinski definition) is 3. The Kier molecular flexibility index (Phi) is 4.82. The number of aliphatic hydroxyl groups excluding tert-OH is 1. The number of hydrogen-bond acceptors (Lipinski definition) is 4. The van der Waals surface area contributed by atoms with Crippen LogP contribution in [0.1, 0.15) is 22.4 Å². The summed E-state index contributed by atoms with van der Waals surface area (Å²) in [6.07, 6.45) is 1.60. The Morgan fingerprint density at radius 2 is 2.05 bits per heavy atom. The monoisotopic (exact) mass is 384 g/mol. The first kappa shape index (κ1) is 15.1. The van der Waals surface area contributed by atoms with Gasteiger partial charge in [0, 0.05) is 33.1 Å². The highest BCUT2D eigenvalue weighted by molar-refractivity contribution is 14.1. The molecule has 0 radical (unpaired) electrons. The number of aliphatic hydroxyl groups is 1. The van der Waals surface area contributed by atoms with E-state index >= 15 is 0 Å². The fourth-order valence-electron chi connectivity index (χ4n) is 1.91. The van der Waals surface area contributed by atoms with Crippen LogP contribution in [0.4, 0.5) is 5.69 Å². The minimum absolute atomic E-state index is 0.136. The van der Waals surface area contributed by atoms with E-state index in [9.17, 15) is 10.2 Å². The summed E-state index contributed by atoms with van der Waals surface area (Å²) < 4.78 is 1.19. The SMILES string of the molecule is Cc1ccc(NCc2c(CO)cnc(C)c2O)cc1I. The highest BCUT2D eigenvalue weighted by Gasteiger charge is 2.11. The lowest BCUT2D eigenvalue weighted by Gasteiger charge is -2.13. The van der Waals surface area contributed by atoms with E-state index in [1.807, 2.05) is 6.07 Å². The van der Waals surface area contributed by atoms with Gasteiger partial charge in [0.05, 0.1) is 12.3 Å². The molecule has 20 heavy (non-hydrogen) atoms. The number of nitrogens with one attached hydrogen (secondary N) is 1. The molecule has 0 spiro atoms. The highest BCUT2D eigenvalue weighted by Crippen LogP contribution is 2.25. The van der Waals surface area contributed by atoms with Crippen molar-refractivity contribution in [3.05, 3.63) is 50.4 Å². The Hall–Kier alpha value is -1.34. The van der Waals surface area contributed by atoms with Gasteiger partial charge in [-0.2, -0.15) is 0 Å². The van der Waals surface area contributed by atoms with Crippen molar-refractivity contribution in [1.82, 2.24) is 4.98 Å². The molecule has 0 fully saturated rings. The zero-order valence-corrected chi connectivity index (χ0v) is 13.6. The number of rotatable bonds is 4. The van der Waals surface area contributed by atoms with Crippen molar-refractivity contribution < 1.29 is 10.2 Å². The zero-order valence-electron chi connectivity index (χ0n) is 11.4. The normalized spacial score (nSPS) is 10.6. The second-order valence-electron chi connectivity index (χ2n) is 4.67. The first-order valence-corrected chi connectivity index (χ1v) is 7.38. The molecular formula is C15H17IN2O2. The zero-order chi connectivity index (χ0) is 14.7. The lowest BCUT2D eigenvalue weighted by Crippen LogP contribution is -2.05. The van der Waals surface area contributed by atoms with Crippen molar-refractivity contribution in [3.8, 4) is 5.75 Å². The van der Waals surface area contributed by atoms with Crippen LogP contribution < -0.4 is 5.32 Å². The predicted octanol–water partition coefficient (Wildman–Crippen LogP) is 3.11. The molecule has 2 rings (SSSR count). The van der Waals surface area contributed by atoms with E-state index in [2.05, 4.69) is 51.9 Å². The van der Waals surface area contributed by atoms with Crippen LogP contribution in [-0.4, -0.2) is 15.2 Å². The maximum absolute atomic E-state index is 10.1. The van der Waals surface area contributed by atoms with E-state index in [4.69, 9.17) is 0 Å². The molecule has 3 N–H and O–H groups in total. The van der Waals surface area contributed by atoms with E-state index in [0.717, 1.165) is 5.69 Å². The minimum Gasteiger partial charge on any atom is -0.506 e. The number of benzene rings is 1. The predicted molar refractivity (Wildman–Crippen MR) is 87.8 cm³/mol. The standard InChI is InChI=1S/C15H17IN2O2/c1-9-3-4-12(5-14(9)16)18-7-13-11(8-19)6-17-10(2)15(13)20/h3-6,18-20H,7-8H2,1-2H3. The van der Waals surface area contributed by atoms with Crippen LogP contribution >= 0.6 is 22.6 Å². The van der Waals surface area contributed by atoms with Crippen LogP contribution in [0.3, 0.4) is 0 Å². The van der Waals surface area contributed by atoms with Crippen molar-refractivity contribution in [2.45, 2.75) is 27.0 Å². The molecular weight excluding hydrogens is 367 g/mol. The molecule has 4 nitrogen and oxygen atoms in total. The third kappa shape index (κ3) is 3.21. The summed E-state index contributed by atoms with van der Waals surface area (Å²) in [6, 6.07) is 6.11. The van der Waals surface area contributed by atoms with Crippen LogP contribution in [-0.2, 0) is 13.2 Å². The quantitative estimate of drug-likeness (QED) is 0.709. The van der Waals surface area contributed by atoms with Gasteiger partial charge in [0.15, 0.2) is 0 Å². The lowest BCUT2D eigenvalue weighted by molar-refractivity contribution is 0.279. The van der Waals surface area contributed by atoms with Crippen molar-refractivity contribution in [3.63, 3.8) is 0 Å². The molecule has 0 unspecified atom stereocenters. The minimum atomic E-state index is -0.136. The number of pyridine rings is 1. The van der Waals surface area contributed by atoms with Crippen molar-refractivity contribution in [2.75, 3.05) is 5.32 Å². The average Bonchev–Trinajstić information content (AvgIpc) is 2.44. The Labute approximate surface area is 132 Å². The van der Waals surface area contributed by atoms with E-state index in [-0.39, 0.29) is 12.4 Å². The Balaban J connectivity index is 2.22. The van der Waals surface area contributed by atoms with Gasteiger partial charge in [-0.3, -0.25) is 4.98 Å². The third-order valence-corrected chi connectivity index (χ3v) is 4.40. The van der Waals surface area contributed by atoms with E-state index in [1.165, 1.54) is 9.13 Å². The van der Waals surface area contributed by atoms with E-state index < -0.39 is 0 Å². The maximum atomic E-state index is 10.1. The molecule has 1 aromatic heterocycles. The van der Waals surface area contributed by atoms with Crippen LogP contribution in [0.2, 0.25) is 0 Å². The number of aromatic hydroxyl groups is 1. The second-order valence-corrected chi connectivity index (χ2v) is 5.83. The van der Waals surface area contributed by atoms with Gasteiger partial charge in [-0.05, 0) is 54.1 Å².